The number of nitrogens with one attached hydrogen (secondary N) is 1. The Morgan fingerprint density at radius 3 is 3.00 bits per heavy atom. The molecule has 0 saturated heterocycles. The lowest BCUT2D eigenvalue weighted by Crippen LogP contribution is -2.35. The molecule has 1 fully saturated rings. The predicted octanol–water partition coefficient (Wildman–Crippen LogP) is 0.720. The number of rotatable bonds is 5. The van der Waals surface area contributed by atoms with Crippen molar-refractivity contribution in [3.8, 4) is 0 Å². The van der Waals surface area contributed by atoms with Gasteiger partial charge in [0.05, 0.1) is 6.10 Å². The van der Waals surface area contributed by atoms with Crippen LogP contribution in [0, 0.1) is 5.92 Å². The lowest BCUT2D eigenvalue weighted by atomic mass is 9.87. The number of aliphatic hydroxyl groups excluding tert-OH is 1. The standard InChI is InChI=1S/C12H20N4O2S/c13-12-16-15-10(19-12)5-2-6-14-11(18)8-3-1-4-9(17)7-8/h8-9,17H,1-7H2,(H2,13,16)(H,14,18)/t8-,9+/m0/s1. The van der Waals surface area contributed by atoms with Crippen LogP contribution in [-0.4, -0.2) is 33.9 Å². The van der Waals surface area contributed by atoms with Gasteiger partial charge in [-0.2, -0.15) is 0 Å². The van der Waals surface area contributed by atoms with Crippen molar-refractivity contribution in [1.29, 1.82) is 0 Å². The van der Waals surface area contributed by atoms with Gasteiger partial charge in [0.25, 0.3) is 0 Å². The summed E-state index contributed by atoms with van der Waals surface area (Å²) in [5.41, 5.74) is 5.49. The van der Waals surface area contributed by atoms with Crippen LogP contribution in [0.25, 0.3) is 0 Å². The van der Waals surface area contributed by atoms with Crippen LogP contribution in [0.1, 0.15) is 37.1 Å². The zero-order chi connectivity index (χ0) is 13.7. The van der Waals surface area contributed by atoms with E-state index in [9.17, 15) is 9.90 Å². The van der Waals surface area contributed by atoms with Crippen molar-refractivity contribution in [3.63, 3.8) is 0 Å². The molecule has 0 radical (unpaired) electrons. The summed E-state index contributed by atoms with van der Waals surface area (Å²) in [6.07, 6.45) is 4.53. The molecule has 1 saturated carbocycles. The smallest absolute Gasteiger partial charge is 0.223 e. The first-order valence-electron chi connectivity index (χ1n) is 6.69. The molecule has 7 heteroatoms. The number of aromatic nitrogens is 2. The van der Waals surface area contributed by atoms with Gasteiger partial charge in [-0.3, -0.25) is 4.79 Å². The SMILES string of the molecule is Nc1nnc(CCCNC(=O)[C@H]2CCC[C@@H](O)C2)s1. The van der Waals surface area contributed by atoms with E-state index in [1.165, 1.54) is 11.3 Å². The Hall–Kier alpha value is -1.21. The second-order valence-electron chi connectivity index (χ2n) is 4.95. The molecule has 1 heterocycles. The van der Waals surface area contributed by atoms with Crippen molar-refractivity contribution < 1.29 is 9.90 Å². The minimum absolute atomic E-state index is 0.0269. The molecule has 6 nitrogen and oxygen atoms in total. The summed E-state index contributed by atoms with van der Waals surface area (Å²) in [5, 5.41) is 21.5. The molecule has 19 heavy (non-hydrogen) atoms. The van der Waals surface area contributed by atoms with Gasteiger partial charge in [-0.1, -0.05) is 17.8 Å². The molecule has 0 aromatic carbocycles. The Balaban J connectivity index is 1.63. The van der Waals surface area contributed by atoms with Crippen LogP contribution in [0.15, 0.2) is 0 Å². The second kappa shape index (κ2) is 6.81. The van der Waals surface area contributed by atoms with Crippen molar-refractivity contribution in [2.24, 2.45) is 5.92 Å². The van der Waals surface area contributed by atoms with Gasteiger partial charge >= 0.3 is 0 Å². The molecule has 1 aliphatic rings. The fourth-order valence-electron chi connectivity index (χ4n) is 2.37. The number of anilines is 1. The first kappa shape index (κ1) is 14.2. The van der Waals surface area contributed by atoms with E-state index in [2.05, 4.69) is 15.5 Å². The monoisotopic (exact) mass is 284 g/mol. The van der Waals surface area contributed by atoms with Crippen molar-refractivity contribution in [2.45, 2.75) is 44.6 Å². The Morgan fingerprint density at radius 1 is 1.47 bits per heavy atom. The molecular formula is C12H20N4O2S. The number of aryl methyl sites for hydroxylation is 1. The molecule has 0 aliphatic heterocycles. The Bertz CT molecular complexity index is 424. The Morgan fingerprint density at radius 2 is 2.32 bits per heavy atom. The number of carbonyl (C=O) groups excluding carboxylic acids is 1. The average Bonchev–Trinajstić information content (AvgIpc) is 2.80. The molecule has 0 spiro atoms. The first-order chi connectivity index (χ1) is 9.15. The topological polar surface area (TPSA) is 101 Å². The minimum Gasteiger partial charge on any atom is -0.393 e. The van der Waals surface area contributed by atoms with E-state index in [-0.39, 0.29) is 17.9 Å². The van der Waals surface area contributed by atoms with Crippen LogP contribution < -0.4 is 11.1 Å². The largest absolute Gasteiger partial charge is 0.393 e. The van der Waals surface area contributed by atoms with E-state index in [4.69, 9.17) is 5.73 Å². The number of hydrogen-bond donors (Lipinski definition) is 3. The highest BCUT2D eigenvalue weighted by atomic mass is 32.1. The van der Waals surface area contributed by atoms with Crippen molar-refractivity contribution in [2.75, 3.05) is 12.3 Å². The number of amides is 1. The fraction of sp³-hybridized carbons (Fsp3) is 0.750. The highest BCUT2D eigenvalue weighted by Gasteiger charge is 2.25. The van der Waals surface area contributed by atoms with Gasteiger partial charge in [0.2, 0.25) is 11.0 Å². The highest BCUT2D eigenvalue weighted by Crippen LogP contribution is 2.24. The third-order valence-corrected chi connectivity index (χ3v) is 4.18. The lowest BCUT2D eigenvalue weighted by molar-refractivity contribution is -0.127. The van der Waals surface area contributed by atoms with Crippen LogP contribution in [0.5, 0.6) is 0 Å². The maximum atomic E-state index is 11.9. The quantitative estimate of drug-likeness (QED) is 0.692. The second-order valence-corrected chi connectivity index (χ2v) is 6.04. The molecule has 4 N–H and O–H groups in total. The molecule has 1 aliphatic carbocycles. The fourth-order valence-corrected chi connectivity index (χ4v) is 3.02. The summed E-state index contributed by atoms with van der Waals surface area (Å²) in [4.78, 5) is 11.9. The number of nitrogen functional groups attached to an aromatic ring is 1. The van der Waals surface area contributed by atoms with Crippen LogP contribution >= 0.6 is 11.3 Å². The third-order valence-electron chi connectivity index (χ3n) is 3.37. The van der Waals surface area contributed by atoms with Crippen molar-refractivity contribution in [3.05, 3.63) is 5.01 Å². The summed E-state index contributed by atoms with van der Waals surface area (Å²) in [6, 6.07) is 0. The Kier molecular flexibility index (Phi) is 5.09. The number of hydrogen-bond acceptors (Lipinski definition) is 6. The summed E-state index contributed by atoms with van der Waals surface area (Å²) in [7, 11) is 0. The number of aliphatic hydroxyl groups is 1. The van der Waals surface area contributed by atoms with Crippen LogP contribution in [0.4, 0.5) is 5.13 Å². The maximum Gasteiger partial charge on any atom is 0.223 e. The van der Waals surface area contributed by atoms with Gasteiger partial charge in [0.1, 0.15) is 5.01 Å². The van der Waals surface area contributed by atoms with E-state index in [0.717, 1.165) is 37.1 Å². The molecule has 2 atom stereocenters. The summed E-state index contributed by atoms with van der Waals surface area (Å²) < 4.78 is 0. The van der Waals surface area contributed by atoms with Crippen molar-refractivity contribution in [1.82, 2.24) is 15.5 Å². The molecule has 1 amide bonds. The first-order valence-corrected chi connectivity index (χ1v) is 7.50. The predicted molar refractivity (Wildman–Crippen MR) is 73.6 cm³/mol. The van der Waals surface area contributed by atoms with E-state index < -0.39 is 0 Å². The normalized spacial score (nSPS) is 23.2. The number of nitrogens with two attached hydrogens (primary N) is 1. The van der Waals surface area contributed by atoms with Crippen molar-refractivity contribution >= 4 is 22.4 Å². The number of nitrogens with zero attached hydrogens (tertiary/aromatic N) is 2. The molecule has 0 bridgehead atoms. The average molecular weight is 284 g/mol. The third kappa shape index (κ3) is 4.43. The molecule has 106 valence electrons. The van der Waals surface area contributed by atoms with E-state index in [1.807, 2.05) is 0 Å². The van der Waals surface area contributed by atoms with Gasteiger partial charge in [-0.15, -0.1) is 10.2 Å². The van der Waals surface area contributed by atoms with Crippen LogP contribution in [0.3, 0.4) is 0 Å². The molecule has 1 aromatic heterocycles. The van der Waals surface area contributed by atoms with Gasteiger partial charge in [0, 0.05) is 18.9 Å². The summed E-state index contributed by atoms with van der Waals surface area (Å²) >= 11 is 1.38. The van der Waals surface area contributed by atoms with Crippen LogP contribution in [0.2, 0.25) is 0 Å². The maximum absolute atomic E-state index is 11.9. The van der Waals surface area contributed by atoms with Crippen LogP contribution in [-0.2, 0) is 11.2 Å². The zero-order valence-electron chi connectivity index (χ0n) is 10.8. The highest BCUT2D eigenvalue weighted by molar-refractivity contribution is 7.15. The Labute approximate surface area is 116 Å². The molecule has 1 aromatic rings. The van der Waals surface area contributed by atoms with Gasteiger partial charge in [0.15, 0.2) is 0 Å². The summed E-state index contributed by atoms with van der Waals surface area (Å²) in [6.45, 7) is 0.630. The molecular weight excluding hydrogens is 264 g/mol. The van der Waals surface area contributed by atoms with Gasteiger partial charge < -0.3 is 16.2 Å². The zero-order valence-corrected chi connectivity index (χ0v) is 11.7. The van der Waals surface area contributed by atoms with E-state index in [0.29, 0.717) is 18.1 Å². The lowest BCUT2D eigenvalue weighted by Gasteiger charge is -2.24. The summed E-state index contributed by atoms with van der Waals surface area (Å²) in [5.74, 6) is 0.0384. The van der Waals surface area contributed by atoms with E-state index in [1.54, 1.807) is 0 Å². The molecule has 0 unspecified atom stereocenters. The molecule has 2 rings (SSSR count). The van der Waals surface area contributed by atoms with Gasteiger partial charge in [-0.25, -0.2) is 0 Å². The van der Waals surface area contributed by atoms with Gasteiger partial charge in [-0.05, 0) is 25.7 Å². The minimum atomic E-state index is -0.311. The van der Waals surface area contributed by atoms with E-state index >= 15 is 0 Å². The number of carbonyl (C=O) groups is 1.